The highest BCUT2D eigenvalue weighted by atomic mass is 16.5. The Balaban J connectivity index is 2.67. The highest BCUT2D eigenvalue weighted by molar-refractivity contribution is 5.87. The molecular weight excluding hydrogens is 234 g/mol. The minimum Gasteiger partial charge on any atom is -0.479 e. The topological polar surface area (TPSA) is 79.7 Å². The van der Waals surface area contributed by atoms with E-state index < -0.39 is 11.6 Å². The van der Waals surface area contributed by atoms with Gasteiger partial charge in [-0.3, -0.25) is 0 Å². The maximum atomic E-state index is 10.8. The number of aliphatic hydroxyl groups is 1. The summed E-state index contributed by atoms with van der Waals surface area (Å²) in [5.74, 6) is 4.64. The van der Waals surface area contributed by atoms with Crippen molar-refractivity contribution >= 4 is 5.97 Å². The number of carboxylic acids is 1. The van der Waals surface area contributed by atoms with Crippen molar-refractivity contribution in [3.63, 3.8) is 0 Å². The van der Waals surface area contributed by atoms with Crippen LogP contribution in [-0.4, -0.2) is 33.4 Å². The lowest BCUT2D eigenvalue weighted by molar-refractivity contribution is 0.0689. The molecule has 96 valence electrons. The molecule has 0 unspecified atom stereocenters. The second kappa shape index (κ2) is 5.52. The first-order valence-electron chi connectivity index (χ1n) is 5.35. The normalized spacial score (nSPS) is 10.4. The third kappa shape index (κ3) is 4.44. The number of nitrogens with zero attached hydrogens (tertiary/aromatic N) is 1. The fourth-order valence-corrected chi connectivity index (χ4v) is 1.22. The Morgan fingerprint density at radius 1 is 1.56 bits per heavy atom. The van der Waals surface area contributed by atoms with E-state index in [0.717, 1.165) is 0 Å². The van der Waals surface area contributed by atoms with Crippen LogP contribution in [0.15, 0.2) is 12.3 Å². The number of aromatic carboxylic acids is 1. The number of aromatic nitrogens is 1. The molecule has 0 amide bonds. The Labute approximate surface area is 105 Å². The Bertz CT molecular complexity index is 506. The monoisotopic (exact) mass is 249 g/mol. The lowest BCUT2D eigenvalue weighted by Crippen LogP contribution is -2.15. The van der Waals surface area contributed by atoms with E-state index in [4.69, 9.17) is 9.84 Å². The third-order valence-corrected chi connectivity index (χ3v) is 1.96. The van der Waals surface area contributed by atoms with Crippen molar-refractivity contribution in [2.45, 2.75) is 26.4 Å². The molecule has 0 radical (unpaired) electrons. The van der Waals surface area contributed by atoms with Crippen molar-refractivity contribution in [2.24, 2.45) is 0 Å². The molecule has 1 aromatic rings. The van der Waals surface area contributed by atoms with Crippen LogP contribution in [0.5, 0.6) is 5.75 Å². The van der Waals surface area contributed by atoms with Gasteiger partial charge in [0.1, 0.15) is 18.0 Å². The van der Waals surface area contributed by atoms with Crippen LogP contribution in [0.3, 0.4) is 0 Å². The highest BCUT2D eigenvalue weighted by Crippen LogP contribution is 2.14. The molecule has 0 aliphatic carbocycles. The summed E-state index contributed by atoms with van der Waals surface area (Å²) >= 11 is 0. The minimum atomic E-state index is -1.07. The molecule has 5 heteroatoms. The molecule has 1 rings (SSSR count). The van der Waals surface area contributed by atoms with Crippen LogP contribution in [0.2, 0.25) is 0 Å². The maximum Gasteiger partial charge on any atom is 0.354 e. The minimum absolute atomic E-state index is 0.00456. The van der Waals surface area contributed by atoms with Gasteiger partial charge in [0.25, 0.3) is 0 Å². The van der Waals surface area contributed by atoms with E-state index >= 15 is 0 Å². The molecule has 0 aliphatic heterocycles. The SMILES string of the molecule is Cc1cc(OCC#CC(C)(C)O)cnc1C(=O)O. The largest absolute Gasteiger partial charge is 0.479 e. The van der Waals surface area contributed by atoms with E-state index in [-0.39, 0.29) is 12.3 Å². The van der Waals surface area contributed by atoms with Crippen molar-refractivity contribution in [3.05, 3.63) is 23.5 Å². The van der Waals surface area contributed by atoms with E-state index in [2.05, 4.69) is 16.8 Å². The van der Waals surface area contributed by atoms with Crippen LogP contribution in [0, 0.1) is 18.8 Å². The molecule has 0 bridgehead atoms. The van der Waals surface area contributed by atoms with Gasteiger partial charge in [0.15, 0.2) is 5.69 Å². The van der Waals surface area contributed by atoms with Crippen molar-refractivity contribution in [3.8, 4) is 17.6 Å². The van der Waals surface area contributed by atoms with Crippen LogP contribution in [0.4, 0.5) is 0 Å². The summed E-state index contributed by atoms with van der Waals surface area (Å²) in [5.41, 5.74) is -0.523. The average Bonchev–Trinajstić information content (AvgIpc) is 2.22. The van der Waals surface area contributed by atoms with Crippen molar-refractivity contribution < 1.29 is 19.7 Å². The van der Waals surface area contributed by atoms with Crippen LogP contribution in [-0.2, 0) is 0 Å². The molecule has 1 aromatic heterocycles. The van der Waals surface area contributed by atoms with E-state index in [1.165, 1.54) is 6.20 Å². The maximum absolute atomic E-state index is 10.8. The van der Waals surface area contributed by atoms with Gasteiger partial charge in [-0.05, 0) is 32.4 Å². The molecule has 0 saturated carbocycles. The van der Waals surface area contributed by atoms with Crippen LogP contribution >= 0.6 is 0 Å². The summed E-state index contributed by atoms with van der Waals surface area (Å²) in [6.07, 6.45) is 1.34. The number of rotatable bonds is 3. The van der Waals surface area contributed by atoms with Crippen molar-refractivity contribution in [1.29, 1.82) is 0 Å². The molecule has 0 aromatic carbocycles. The van der Waals surface area contributed by atoms with Gasteiger partial charge >= 0.3 is 5.97 Å². The molecule has 0 saturated heterocycles. The Morgan fingerprint density at radius 2 is 2.22 bits per heavy atom. The van der Waals surface area contributed by atoms with Gasteiger partial charge in [0.05, 0.1) is 6.20 Å². The molecule has 18 heavy (non-hydrogen) atoms. The second-order valence-corrected chi connectivity index (χ2v) is 4.29. The zero-order chi connectivity index (χ0) is 13.8. The van der Waals surface area contributed by atoms with Crippen LogP contribution < -0.4 is 4.74 Å². The smallest absolute Gasteiger partial charge is 0.354 e. The molecule has 0 aliphatic rings. The van der Waals surface area contributed by atoms with E-state index in [0.29, 0.717) is 11.3 Å². The zero-order valence-electron chi connectivity index (χ0n) is 10.5. The summed E-state index contributed by atoms with van der Waals surface area (Å²) < 4.78 is 5.28. The number of ether oxygens (including phenoxy) is 1. The molecule has 1 heterocycles. The van der Waals surface area contributed by atoms with Crippen LogP contribution in [0.1, 0.15) is 29.9 Å². The van der Waals surface area contributed by atoms with Gasteiger partial charge in [0.2, 0.25) is 0 Å². The van der Waals surface area contributed by atoms with Gasteiger partial charge in [0, 0.05) is 0 Å². The fourth-order valence-electron chi connectivity index (χ4n) is 1.22. The summed E-state index contributed by atoms with van der Waals surface area (Å²) in [6, 6.07) is 1.59. The first kappa shape index (κ1) is 14.0. The number of hydrogen-bond donors (Lipinski definition) is 2. The summed E-state index contributed by atoms with van der Waals surface area (Å²) in [6.45, 7) is 4.91. The van der Waals surface area contributed by atoms with Gasteiger partial charge < -0.3 is 14.9 Å². The molecule has 0 spiro atoms. The Kier molecular flexibility index (Phi) is 4.29. The number of carbonyl (C=O) groups is 1. The highest BCUT2D eigenvalue weighted by Gasteiger charge is 2.09. The van der Waals surface area contributed by atoms with Gasteiger partial charge in [-0.15, -0.1) is 0 Å². The summed E-state index contributed by atoms with van der Waals surface area (Å²) in [7, 11) is 0. The number of pyridine rings is 1. The quantitative estimate of drug-likeness (QED) is 0.788. The third-order valence-electron chi connectivity index (χ3n) is 1.96. The first-order chi connectivity index (χ1) is 8.29. The average molecular weight is 249 g/mol. The van der Waals surface area contributed by atoms with E-state index in [1.54, 1.807) is 26.8 Å². The van der Waals surface area contributed by atoms with E-state index in [9.17, 15) is 9.90 Å². The predicted octanol–water partition coefficient (Wildman–Crippen LogP) is 1.24. The van der Waals surface area contributed by atoms with Gasteiger partial charge in [-0.1, -0.05) is 11.8 Å². The van der Waals surface area contributed by atoms with E-state index in [1.807, 2.05) is 0 Å². The molecule has 0 fully saturated rings. The van der Waals surface area contributed by atoms with Gasteiger partial charge in [-0.25, -0.2) is 9.78 Å². The van der Waals surface area contributed by atoms with Gasteiger partial charge in [-0.2, -0.15) is 0 Å². The molecule has 5 nitrogen and oxygen atoms in total. The predicted molar refractivity (Wildman–Crippen MR) is 65.5 cm³/mol. The number of hydrogen-bond acceptors (Lipinski definition) is 4. The van der Waals surface area contributed by atoms with Crippen molar-refractivity contribution in [2.75, 3.05) is 6.61 Å². The fraction of sp³-hybridized carbons (Fsp3) is 0.385. The standard InChI is InChI=1S/C13H15NO4/c1-9-7-10(8-14-11(9)12(15)16)18-6-4-5-13(2,3)17/h7-8,17H,6H2,1-3H3,(H,15,16). The van der Waals surface area contributed by atoms with Crippen molar-refractivity contribution in [1.82, 2.24) is 4.98 Å². The lowest BCUT2D eigenvalue weighted by Gasteiger charge is -2.07. The second-order valence-electron chi connectivity index (χ2n) is 4.29. The van der Waals surface area contributed by atoms with Crippen LogP contribution in [0.25, 0.3) is 0 Å². The molecule has 0 atom stereocenters. The molecule has 2 N–H and O–H groups in total. The Hall–Kier alpha value is -2.06. The Morgan fingerprint density at radius 3 is 2.72 bits per heavy atom. The summed E-state index contributed by atoms with van der Waals surface area (Å²) in [4.78, 5) is 14.5. The number of aryl methyl sites for hydroxylation is 1. The lowest BCUT2D eigenvalue weighted by atomic mass is 10.1. The number of carboxylic acid groups (broad SMARTS) is 1. The summed E-state index contributed by atoms with van der Waals surface area (Å²) in [5, 5.41) is 18.2. The first-order valence-corrected chi connectivity index (χ1v) is 5.35. The zero-order valence-corrected chi connectivity index (χ0v) is 10.5. The molecular formula is C13H15NO4.